The molecule has 1 aliphatic rings. The molecule has 0 bridgehead atoms. The van der Waals surface area contributed by atoms with Crippen LogP contribution in [0.5, 0.6) is 11.5 Å². The Morgan fingerprint density at radius 2 is 1.52 bits per heavy atom. The molecular weight excluding hydrogens is 370 g/mol. The number of ether oxygens (including phenoxy) is 2. The van der Waals surface area contributed by atoms with Crippen LogP contribution in [-0.2, 0) is 0 Å². The Kier molecular flexibility index (Phi) is 4.83. The van der Waals surface area contributed by atoms with E-state index in [2.05, 4.69) is 0 Å². The maximum absolute atomic E-state index is 12.8. The number of nitrogens with zero attached hydrogens (tertiary/aromatic N) is 1. The molecule has 0 saturated heterocycles. The minimum atomic E-state index is -0.416. The smallest absolute Gasteiger partial charge is 0.266 e. The Morgan fingerprint density at radius 3 is 2.21 bits per heavy atom. The van der Waals surface area contributed by atoms with Crippen molar-refractivity contribution in [3.63, 3.8) is 0 Å². The monoisotopic (exact) mass is 387 g/mol. The van der Waals surface area contributed by atoms with Crippen molar-refractivity contribution in [3.05, 3.63) is 89.5 Å². The molecule has 4 rings (SSSR count). The van der Waals surface area contributed by atoms with E-state index < -0.39 is 11.8 Å². The number of hydrogen-bond donors (Lipinski definition) is 0. The van der Waals surface area contributed by atoms with Gasteiger partial charge in [-0.25, -0.2) is 4.90 Å². The molecular formula is C23H17NO5. The third kappa shape index (κ3) is 3.36. The molecule has 0 N–H and O–H groups in total. The second kappa shape index (κ2) is 7.59. The van der Waals surface area contributed by atoms with Gasteiger partial charge in [-0.2, -0.15) is 0 Å². The number of rotatable bonds is 6. The van der Waals surface area contributed by atoms with Crippen LogP contribution in [0.1, 0.15) is 31.1 Å². The molecule has 0 saturated carbocycles. The average Bonchev–Trinajstić information content (AvgIpc) is 3.02. The summed E-state index contributed by atoms with van der Waals surface area (Å²) in [7, 11) is 1.53. The number of carbonyl (C=O) groups is 3. The summed E-state index contributed by atoms with van der Waals surface area (Å²) in [5, 5.41) is 0. The van der Waals surface area contributed by atoms with Crippen LogP contribution in [0.3, 0.4) is 0 Å². The largest absolute Gasteiger partial charge is 0.497 e. The lowest BCUT2D eigenvalue weighted by molar-refractivity contribution is 0.0921. The minimum absolute atomic E-state index is 0.243. The average molecular weight is 387 g/mol. The second-order valence-electron chi connectivity index (χ2n) is 6.40. The van der Waals surface area contributed by atoms with Crippen molar-refractivity contribution in [2.75, 3.05) is 18.6 Å². The van der Waals surface area contributed by atoms with Crippen LogP contribution in [0.4, 0.5) is 5.69 Å². The lowest BCUT2D eigenvalue weighted by Gasteiger charge is -2.18. The predicted molar refractivity (Wildman–Crippen MR) is 107 cm³/mol. The van der Waals surface area contributed by atoms with Gasteiger partial charge >= 0.3 is 0 Å². The van der Waals surface area contributed by atoms with Crippen molar-refractivity contribution >= 4 is 23.3 Å². The molecule has 144 valence electrons. The quantitative estimate of drug-likeness (QED) is 0.476. The van der Waals surface area contributed by atoms with E-state index in [-0.39, 0.29) is 18.1 Å². The highest BCUT2D eigenvalue weighted by molar-refractivity contribution is 6.34. The zero-order valence-electron chi connectivity index (χ0n) is 15.6. The Balaban J connectivity index is 1.58. The number of amides is 2. The van der Waals surface area contributed by atoms with Crippen LogP contribution in [0.15, 0.2) is 72.8 Å². The molecule has 3 aromatic rings. The Hall–Kier alpha value is -3.93. The molecule has 1 heterocycles. The fraction of sp³-hybridized carbons (Fsp3) is 0.0870. The summed E-state index contributed by atoms with van der Waals surface area (Å²) >= 11 is 0. The molecule has 6 nitrogen and oxygen atoms in total. The van der Waals surface area contributed by atoms with E-state index in [9.17, 15) is 14.4 Å². The van der Waals surface area contributed by atoms with Gasteiger partial charge in [-0.1, -0.05) is 36.4 Å². The van der Waals surface area contributed by atoms with Gasteiger partial charge in [0.15, 0.2) is 12.4 Å². The first-order chi connectivity index (χ1) is 14.1. The molecule has 6 heteroatoms. The van der Waals surface area contributed by atoms with Gasteiger partial charge < -0.3 is 9.47 Å². The van der Waals surface area contributed by atoms with E-state index in [1.165, 1.54) is 7.11 Å². The number of hydrogen-bond acceptors (Lipinski definition) is 5. The van der Waals surface area contributed by atoms with Crippen LogP contribution in [-0.4, -0.2) is 31.3 Å². The number of Topliss-reactive ketones (excluding diaryl/α,β-unsaturated/α-hetero) is 1. The second-order valence-corrected chi connectivity index (χ2v) is 6.40. The Bertz CT molecular complexity index is 1090. The molecule has 2 amide bonds. The van der Waals surface area contributed by atoms with E-state index in [1.807, 2.05) is 0 Å². The van der Waals surface area contributed by atoms with Crippen molar-refractivity contribution in [2.45, 2.75) is 0 Å². The summed E-state index contributed by atoms with van der Waals surface area (Å²) in [6.45, 7) is -0.243. The molecule has 0 aromatic heterocycles. The molecule has 0 fully saturated rings. The standard InChI is InChI=1S/C23H17NO5/c1-28-16-8-6-7-15(13-16)20(25)14-29-21-12-5-4-11-19(21)24-22(26)17-9-2-3-10-18(17)23(24)27/h2-13H,14H2,1H3. The molecule has 0 spiro atoms. The molecule has 0 aliphatic carbocycles. The van der Waals surface area contributed by atoms with Gasteiger partial charge in [0.1, 0.15) is 11.5 Å². The molecule has 3 aromatic carbocycles. The van der Waals surface area contributed by atoms with Crippen LogP contribution < -0.4 is 14.4 Å². The fourth-order valence-corrected chi connectivity index (χ4v) is 3.20. The highest BCUT2D eigenvalue weighted by atomic mass is 16.5. The first kappa shape index (κ1) is 18.4. The van der Waals surface area contributed by atoms with Crippen molar-refractivity contribution in [1.29, 1.82) is 0 Å². The Labute approximate surface area is 167 Å². The molecule has 1 aliphatic heterocycles. The van der Waals surface area contributed by atoms with Crippen molar-refractivity contribution in [2.24, 2.45) is 0 Å². The topological polar surface area (TPSA) is 72.9 Å². The van der Waals surface area contributed by atoms with E-state index in [1.54, 1.807) is 72.8 Å². The zero-order valence-corrected chi connectivity index (χ0v) is 15.6. The third-order valence-electron chi connectivity index (χ3n) is 4.65. The summed E-state index contributed by atoms with van der Waals surface area (Å²) in [6, 6.07) is 20.1. The summed E-state index contributed by atoms with van der Waals surface area (Å²) in [6.07, 6.45) is 0. The molecule has 29 heavy (non-hydrogen) atoms. The maximum Gasteiger partial charge on any atom is 0.266 e. The van der Waals surface area contributed by atoms with Gasteiger partial charge in [-0.05, 0) is 36.4 Å². The van der Waals surface area contributed by atoms with Gasteiger partial charge in [-0.3, -0.25) is 14.4 Å². The summed E-state index contributed by atoms with van der Waals surface area (Å²) < 4.78 is 10.8. The van der Waals surface area contributed by atoms with E-state index in [0.717, 1.165) is 4.90 Å². The lowest BCUT2D eigenvalue weighted by atomic mass is 10.1. The van der Waals surface area contributed by atoms with Gasteiger partial charge in [0, 0.05) is 5.56 Å². The first-order valence-corrected chi connectivity index (χ1v) is 8.97. The van der Waals surface area contributed by atoms with Crippen molar-refractivity contribution in [1.82, 2.24) is 0 Å². The lowest BCUT2D eigenvalue weighted by Crippen LogP contribution is -2.30. The van der Waals surface area contributed by atoms with E-state index in [4.69, 9.17) is 9.47 Å². The Morgan fingerprint density at radius 1 is 0.862 bits per heavy atom. The minimum Gasteiger partial charge on any atom is -0.497 e. The van der Waals surface area contributed by atoms with Crippen LogP contribution in [0, 0.1) is 0 Å². The molecule has 0 radical (unpaired) electrons. The normalized spacial score (nSPS) is 12.7. The fourth-order valence-electron chi connectivity index (χ4n) is 3.20. The summed E-state index contributed by atoms with van der Waals surface area (Å²) in [4.78, 5) is 39.1. The maximum atomic E-state index is 12.8. The number of carbonyl (C=O) groups excluding carboxylic acids is 3. The molecule has 0 atom stereocenters. The first-order valence-electron chi connectivity index (χ1n) is 8.97. The number of anilines is 1. The number of imide groups is 1. The van der Waals surface area contributed by atoms with E-state index in [0.29, 0.717) is 28.1 Å². The number of fused-ring (bicyclic) bond motifs is 1. The number of para-hydroxylation sites is 2. The number of ketones is 1. The number of methoxy groups -OCH3 is 1. The van der Waals surface area contributed by atoms with Gasteiger partial charge in [0.25, 0.3) is 11.8 Å². The van der Waals surface area contributed by atoms with Gasteiger partial charge in [-0.15, -0.1) is 0 Å². The van der Waals surface area contributed by atoms with Crippen LogP contribution in [0.2, 0.25) is 0 Å². The summed E-state index contributed by atoms with van der Waals surface area (Å²) in [5.74, 6) is -0.233. The molecule has 0 unspecified atom stereocenters. The SMILES string of the molecule is COc1cccc(C(=O)COc2ccccc2N2C(=O)c3ccccc3C2=O)c1. The highest BCUT2D eigenvalue weighted by Crippen LogP contribution is 2.34. The van der Waals surface area contributed by atoms with Crippen molar-refractivity contribution < 1.29 is 23.9 Å². The third-order valence-corrected chi connectivity index (χ3v) is 4.65. The highest BCUT2D eigenvalue weighted by Gasteiger charge is 2.37. The van der Waals surface area contributed by atoms with Crippen molar-refractivity contribution in [3.8, 4) is 11.5 Å². The van der Waals surface area contributed by atoms with Crippen LogP contribution in [0.25, 0.3) is 0 Å². The predicted octanol–water partition coefficient (Wildman–Crippen LogP) is 3.76. The summed E-state index contributed by atoms with van der Waals surface area (Å²) in [5.41, 5.74) is 1.44. The zero-order chi connectivity index (χ0) is 20.4. The van der Waals surface area contributed by atoms with Gasteiger partial charge in [0.2, 0.25) is 0 Å². The van der Waals surface area contributed by atoms with E-state index >= 15 is 0 Å². The van der Waals surface area contributed by atoms with Gasteiger partial charge in [0.05, 0.1) is 23.9 Å². The van der Waals surface area contributed by atoms with Crippen LogP contribution >= 0.6 is 0 Å². The number of benzene rings is 3.